The maximum Gasteiger partial charge on any atom is 0.0466 e. The third-order valence-corrected chi connectivity index (χ3v) is 2.16. The number of rotatable bonds is 1. The molecule has 0 saturated carbocycles. The van der Waals surface area contributed by atoms with Crippen LogP contribution in [0, 0.1) is 11.8 Å². The zero-order valence-corrected chi connectivity index (χ0v) is 8.30. The number of aromatic nitrogens is 1. The predicted octanol–water partition coefficient (Wildman–Crippen LogP) is 3.32. The lowest BCUT2D eigenvalue weighted by molar-refractivity contribution is 0.983. The van der Waals surface area contributed by atoms with E-state index in [1.165, 1.54) is 5.39 Å². The van der Waals surface area contributed by atoms with E-state index in [0.29, 0.717) is 0 Å². The third kappa shape index (κ3) is 1.80. The lowest BCUT2D eigenvalue weighted by atomic mass is 10.1. The lowest BCUT2D eigenvalue weighted by Crippen LogP contribution is -1.74. The highest BCUT2D eigenvalue weighted by Gasteiger charge is 1.93. The second-order valence-electron chi connectivity index (χ2n) is 3.33. The molecule has 0 unspecified atom stereocenters. The van der Waals surface area contributed by atoms with Crippen molar-refractivity contribution < 1.29 is 0 Å². The summed E-state index contributed by atoms with van der Waals surface area (Å²) in [6, 6.07) is 8.33. The summed E-state index contributed by atoms with van der Waals surface area (Å²) in [6.07, 6.45) is 4.05. The number of nitrogens with one attached hydrogen (secondary N) is 1. The average Bonchev–Trinajstić information content (AvgIpc) is 2.65. The minimum absolute atomic E-state index is 0.975. The number of benzene rings is 1. The van der Waals surface area contributed by atoms with Gasteiger partial charge in [-0.05, 0) is 30.0 Å². The standard InChI is InChI=1S/C13H13N/c1-2-3-4-5-11-6-7-12-8-9-14-13(12)10-11/h6-10,14H,2-3H2,1H3. The Hall–Kier alpha value is -1.68. The van der Waals surface area contributed by atoms with Crippen molar-refractivity contribution in [1.29, 1.82) is 0 Å². The fourth-order valence-electron chi connectivity index (χ4n) is 1.42. The van der Waals surface area contributed by atoms with E-state index < -0.39 is 0 Å². The Bertz CT molecular complexity index is 482. The summed E-state index contributed by atoms with van der Waals surface area (Å²) in [4.78, 5) is 3.18. The van der Waals surface area contributed by atoms with Crippen molar-refractivity contribution in [2.45, 2.75) is 19.8 Å². The van der Waals surface area contributed by atoms with Crippen molar-refractivity contribution in [3.63, 3.8) is 0 Å². The molecule has 0 saturated heterocycles. The first-order valence-electron chi connectivity index (χ1n) is 4.96. The SMILES string of the molecule is CCCC#Cc1ccc2cc[nH]c2c1. The van der Waals surface area contributed by atoms with Gasteiger partial charge in [0.15, 0.2) is 0 Å². The Morgan fingerprint density at radius 2 is 2.21 bits per heavy atom. The third-order valence-electron chi connectivity index (χ3n) is 2.16. The Balaban J connectivity index is 2.31. The van der Waals surface area contributed by atoms with E-state index >= 15 is 0 Å². The molecule has 1 aromatic heterocycles. The van der Waals surface area contributed by atoms with Gasteiger partial charge in [-0.1, -0.05) is 24.8 Å². The number of hydrogen-bond donors (Lipinski definition) is 1. The van der Waals surface area contributed by atoms with E-state index in [2.05, 4.69) is 48.0 Å². The van der Waals surface area contributed by atoms with Gasteiger partial charge in [-0.3, -0.25) is 0 Å². The van der Waals surface area contributed by atoms with Gasteiger partial charge in [-0.25, -0.2) is 0 Å². The largest absolute Gasteiger partial charge is 0.361 e. The van der Waals surface area contributed by atoms with Gasteiger partial charge in [-0.15, -0.1) is 0 Å². The van der Waals surface area contributed by atoms with Gasteiger partial charge in [0.1, 0.15) is 0 Å². The van der Waals surface area contributed by atoms with Crippen LogP contribution in [0.1, 0.15) is 25.3 Å². The van der Waals surface area contributed by atoms with Gasteiger partial charge < -0.3 is 4.98 Å². The van der Waals surface area contributed by atoms with Crippen LogP contribution in [-0.2, 0) is 0 Å². The van der Waals surface area contributed by atoms with E-state index in [1.807, 2.05) is 6.20 Å². The molecule has 0 radical (unpaired) electrons. The molecule has 14 heavy (non-hydrogen) atoms. The fraction of sp³-hybridized carbons (Fsp3) is 0.231. The van der Waals surface area contributed by atoms with Crippen molar-refractivity contribution in [1.82, 2.24) is 4.98 Å². The Labute approximate surface area is 84.1 Å². The fourth-order valence-corrected chi connectivity index (χ4v) is 1.42. The molecule has 0 aliphatic carbocycles. The Morgan fingerprint density at radius 1 is 1.29 bits per heavy atom. The molecule has 0 fully saturated rings. The molecule has 1 heteroatoms. The van der Waals surface area contributed by atoms with Crippen LogP contribution in [0.15, 0.2) is 30.5 Å². The molecular weight excluding hydrogens is 170 g/mol. The molecule has 0 aliphatic rings. The predicted molar refractivity (Wildman–Crippen MR) is 60.1 cm³/mol. The Kier molecular flexibility index (Phi) is 2.55. The van der Waals surface area contributed by atoms with E-state index in [1.54, 1.807) is 0 Å². The van der Waals surface area contributed by atoms with Crippen molar-refractivity contribution in [2.75, 3.05) is 0 Å². The van der Waals surface area contributed by atoms with Crippen LogP contribution < -0.4 is 0 Å². The molecular formula is C13H13N. The van der Waals surface area contributed by atoms with Gasteiger partial charge in [0.2, 0.25) is 0 Å². The van der Waals surface area contributed by atoms with E-state index in [-0.39, 0.29) is 0 Å². The number of unbranched alkanes of at least 4 members (excludes halogenated alkanes) is 1. The van der Waals surface area contributed by atoms with Crippen LogP contribution in [-0.4, -0.2) is 4.98 Å². The zero-order valence-electron chi connectivity index (χ0n) is 8.30. The van der Waals surface area contributed by atoms with Gasteiger partial charge >= 0.3 is 0 Å². The average molecular weight is 183 g/mol. The molecule has 2 aromatic rings. The first-order chi connectivity index (χ1) is 6.90. The van der Waals surface area contributed by atoms with Gasteiger partial charge in [0.25, 0.3) is 0 Å². The highest BCUT2D eigenvalue weighted by atomic mass is 14.7. The zero-order chi connectivity index (χ0) is 9.80. The van der Waals surface area contributed by atoms with E-state index in [0.717, 1.165) is 23.9 Å². The van der Waals surface area contributed by atoms with Crippen molar-refractivity contribution in [3.05, 3.63) is 36.0 Å². The lowest BCUT2D eigenvalue weighted by Gasteiger charge is -1.91. The molecule has 0 bridgehead atoms. The maximum absolute atomic E-state index is 3.18. The monoisotopic (exact) mass is 183 g/mol. The molecule has 0 amide bonds. The highest BCUT2D eigenvalue weighted by Crippen LogP contribution is 2.13. The number of hydrogen-bond acceptors (Lipinski definition) is 0. The summed E-state index contributed by atoms with van der Waals surface area (Å²) in [5.74, 6) is 6.30. The summed E-state index contributed by atoms with van der Waals surface area (Å²) in [7, 11) is 0. The molecule has 1 N–H and O–H groups in total. The van der Waals surface area contributed by atoms with Crippen LogP contribution in [0.2, 0.25) is 0 Å². The molecule has 1 aromatic carbocycles. The maximum atomic E-state index is 3.18. The minimum atomic E-state index is 0.975. The minimum Gasteiger partial charge on any atom is -0.361 e. The number of fused-ring (bicyclic) bond motifs is 1. The number of aromatic amines is 1. The molecule has 0 aliphatic heterocycles. The molecule has 0 atom stereocenters. The first-order valence-corrected chi connectivity index (χ1v) is 4.96. The topological polar surface area (TPSA) is 15.8 Å². The summed E-state index contributed by atoms with van der Waals surface area (Å²) in [6.45, 7) is 2.14. The number of H-pyrrole nitrogens is 1. The Morgan fingerprint density at radius 3 is 3.07 bits per heavy atom. The van der Waals surface area contributed by atoms with Gasteiger partial charge in [0, 0.05) is 23.7 Å². The highest BCUT2D eigenvalue weighted by molar-refractivity contribution is 5.80. The first kappa shape index (κ1) is 8.90. The van der Waals surface area contributed by atoms with Crippen LogP contribution in [0.4, 0.5) is 0 Å². The molecule has 1 nitrogen and oxygen atoms in total. The van der Waals surface area contributed by atoms with Crippen molar-refractivity contribution >= 4 is 10.9 Å². The smallest absolute Gasteiger partial charge is 0.0466 e. The van der Waals surface area contributed by atoms with Crippen molar-refractivity contribution in [2.24, 2.45) is 0 Å². The summed E-state index contributed by atoms with van der Waals surface area (Å²) in [5, 5.41) is 1.24. The van der Waals surface area contributed by atoms with E-state index in [9.17, 15) is 0 Å². The second-order valence-corrected chi connectivity index (χ2v) is 3.33. The molecule has 2 rings (SSSR count). The normalized spacial score (nSPS) is 9.79. The van der Waals surface area contributed by atoms with Crippen LogP contribution in [0.3, 0.4) is 0 Å². The molecule has 70 valence electrons. The van der Waals surface area contributed by atoms with Crippen LogP contribution in [0.5, 0.6) is 0 Å². The molecule has 1 heterocycles. The second kappa shape index (κ2) is 4.02. The quantitative estimate of drug-likeness (QED) is 0.653. The summed E-state index contributed by atoms with van der Waals surface area (Å²) in [5.41, 5.74) is 2.25. The van der Waals surface area contributed by atoms with Crippen LogP contribution >= 0.6 is 0 Å². The summed E-state index contributed by atoms with van der Waals surface area (Å²) < 4.78 is 0. The van der Waals surface area contributed by atoms with Crippen molar-refractivity contribution in [3.8, 4) is 11.8 Å². The van der Waals surface area contributed by atoms with Gasteiger partial charge in [0.05, 0.1) is 0 Å². The van der Waals surface area contributed by atoms with Crippen LogP contribution in [0.25, 0.3) is 10.9 Å². The molecule has 0 spiro atoms. The summed E-state index contributed by atoms with van der Waals surface area (Å²) >= 11 is 0. The van der Waals surface area contributed by atoms with Gasteiger partial charge in [-0.2, -0.15) is 0 Å². The van der Waals surface area contributed by atoms with E-state index in [4.69, 9.17) is 0 Å².